The largest absolute Gasteiger partial charge is 0.342 e. The Morgan fingerprint density at radius 3 is 2.35 bits per heavy atom. The second-order valence-corrected chi connectivity index (χ2v) is 6.13. The highest BCUT2D eigenvalue weighted by molar-refractivity contribution is 8.00. The minimum atomic E-state index is -0.0560. The van der Waals surface area contributed by atoms with Crippen LogP contribution in [0.3, 0.4) is 0 Å². The molecule has 0 aliphatic heterocycles. The molecule has 1 N–H and O–H groups in total. The highest BCUT2D eigenvalue weighted by atomic mass is 32.2. The lowest BCUT2D eigenvalue weighted by Crippen LogP contribution is -2.51. The summed E-state index contributed by atoms with van der Waals surface area (Å²) in [5.74, 6) is 0.227. The van der Waals surface area contributed by atoms with Crippen molar-refractivity contribution in [2.24, 2.45) is 0 Å². The summed E-state index contributed by atoms with van der Waals surface area (Å²) in [5, 5.41) is 3.41. The van der Waals surface area contributed by atoms with Gasteiger partial charge in [0.2, 0.25) is 5.91 Å². The predicted molar refractivity (Wildman–Crippen MR) is 75.5 cm³/mol. The Morgan fingerprint density at radius 2 is 2.00 bits per heavy atom. The van der Waals surface area contributed by atoms with Crippen LogP contribution in [0.25, 0.3) is 0 Å². The number of hydrogen-bond donors (Lipinski definition) is 1. The lowest BCUT2D eigenvalue weighted by molar-refractivity contribution is -0.132. The summed E-state index contributed by atoms with van der Waals surface area (Å²) in [6.07, 6.45) is 6.08. The Balaban J connectivity index is 2.38. The summed E-state index contributed by atoms with van der Waals surface area (Å²) >= 11 is 1.95. The third-order valence-corrected chi connectivity index (χ3v) is 5.29. The van der Waals surface area contributed by atoms with Gasteiger partial charge in [-0.3, -0.25) is 4.79 Å². The lowest BCUT2D eigenvalue weighted by Gasteiger charge is -2.41. The number of likely N-dealkylation sites (N-methyl/N-ethyl adjacent to an activating group) is 1. The monoisotopic (exact) mass is 258 g/mol. The number of carbonyl (C=O) groups is 1. The summed E-state index contributed by atoms with van der Waals surface area (Å²) in [6, 6.07) is -0.0560. The van der Waals surface area contributed by atoms with Crippen molar-refractivity contribution < 1.29 is 4.79 Å². The van der Waals surface area contributed by atoms with E-state index >= 15 is 0 Å². The van der Waals surface area contributed by atoms with Crippen LogP contribution in [0.15, 0.2) is 0 Å². The van der Waals surface area contributed by atoms with E-state index in [0.717, 1.165) is 19.6 Å². The average Bonchev–Trinajstić information content (AvgIpc) is 2.29. The van der Waals surface area contributed by atoms with Gasteiger partial charge in [0.1, 0.15) is 0 Å². The van der Waals surface area contributed by atoms with Crippen molar-refractivity contribution in [3.63, 3.8) is 0 Å². The highest BCUT2D eigenvalue weighted by Crippen LogP contribution is 2.42. The van der Waals surface area contributed by atoms with E-state index in [2.05, 4.69) is 11.6 Å². The van der Waals surface area contributed by atoms with Gasteiger partial charge >= 0.3 is 0 Å². The van der Waals surface area contributed by atoms with Crippen LogP contribution in [-0.4, -0.2) is 47.5 Å². The summed E-state index contributed by atoms with van der Waals surface area (Å²) in [6.45, 7) is 8.60. The lowest BCUT2D eigenvalue weighted by atomic mass is 9.84. The minimum absolute atomic E-state index is 0.0560. The molecule has 100 valence electrons. The van der Waals surface area contributed by atoms with Crippen molar-refractivity contribution in [3.8, 4) is 0 Å². The molecule has 0 aromatic rings. The topological polar surface area (TPSA) is 32.3 Å². The van der Waals surface area contributed by atoms with E-state index in [1.54, 1.807) is 0 Å². The van der Waals surface area contributed by atoms with Crippen LogP contribution < -0.4 is 5.32 Å². The fourth-order valence-corrected chi connectivity index (χ4v) is 3.18. The first-order valence-corrected chi connectivity index (χ1v) is 7.88. The maximum absolute atomic E-state index is 12.1. The molecule has 3 nitrogen and oxygen atoms in total. The Labute approximate surface area is 110 Å². The molecule has 0 spiro atoms. The van der Waals surface area contributed by atoms with E-state index in [4.69, 9.17) is 0 Å². The Hall–Kier alpha value is -0.220. The van der Waals surface area contributed by atoms with Crippen LogP contribution in [0.5, 0.6) is 0 Å². The number of nitrogens with zero attached hydrogens (tertiary/aromatic N) is 1. The van der Waals surface area contributed by atoms with Gasteiger partial charge in [0.25, 0.3) is 0 Å². The van der Waals surface area contributed by atoms with E-state index < -0.39 is 0 Å². The van der Waals surface area contributed by atoms with Gasteiger partial charge in [-0.2, -0.15) is 11.8 Å². The third-order valence-electron chi connectivity index (χ3n) is 3.87. The van der Waals surface area contributed by atoms with Gasteiger partial charge in [0.05, 0.1) is 6.04 Å². The minimum Gasteiger partial charge on any atom is -0.342 e. The molecule has 17 heavy (non-hydrogen) atoms. The van der Waals surface area contributed by atoms with Crippen molar-refractivity contribution in [1.82, 2.24) is 10.2 Å². The number of hydrogen-bond acceptors (Lipinski definition) is 3. The fraction of sp³-hybridized carbons (Fsp3) is 0.923. The number of amides is 1. The first kappa shape index (κ1) is 14.8. The molecule has 1 unspecified atom stereocenters. The standard InChI is InChI=1S/C13H26N2OS/c1-5-15(6-2)12(16)11(3)14-10-13(17-4)8-7-9-13/h11,14H,5-10H2,1-4H3. The summed E-state index contributed by atoms with van der Waals surface area (Å²) in [5.41, 5.74) is 0. The van der Waals surface area contributed by atoms with Gasteiger partial charge in [-0.15, -0.1) is 0 Å². The van der Waals surface area contributed by atoms with Crippen LogP contribution >= 0.6 is 11.8 Å². The molecule has 1 amide bonds. The molecule has 4 heteroatoms. The summed E-state index contributed by atoms with van der Waals surface area (Å²) in [7, 11) is 0. The van der Waals surface area contributed by atoms with Gasteiger partial charge in [0, 0.05) is 24.4 Å². The molecule has 1 aliphatic carbocycles. The molecule has 0 heterocycles. The molecule has 0 aromatic carbocycles. The second-order valence-electron chi connectivity index (χ2n) is 4.85. The van der Waals surface area contributed by atoms with Gasteiger partial charge in [-0.1, -0.05) is 6.42 Å². The van der Waals surface area contributed by atoms with Gasteiger partial charge in [-0.05, 0) is 39.9 Å². The maximum atomic E-state index is 12.1. The van der Waals surface area contributed by atoms with Crippen LogP contribution in [0.1, 0.15) is 40.0 Å². The van der Waals surface area contributed by atoms with Crippen LogP contribution in [-0.2, 0) is 4.79 Å². The molecule has 0 bridgehead atoms. The molecule has 0 saturated heterocycles. The van der Waals surface area contributed by atoms with E-state index in [1.807, 2.05) is 37.4 Å². The van der Waals surface area contributed by atoms with Crippen molar-refractivity contribution in [2.75, 3.05) is 25.9 Å². The Kier molecular flexibility index (Phi) is 5.80. The van der Waals surface area contributed by atoms with Crippen LogP contribution in [0.2, 0.25) is 0 Å². The Morgan fingerprint density at radius 1 is 1.41 bits per heavy atom. The fourth-order valence-electron chi connectivity index (χ4n) is 2.26. The molecule has 1 atom stereocenters. The molecule has 1 aliphatic rings. The van der Waals surface area contributed by atoms with E-state index in [1.165, 1.54) is 19.3 Å². The van der Waals surface area contributed by atoms with Crippen molar-refractivity contribution in [1.29, 1.82) is 0 Å². The highest BCUT2D eigenvalue weighted by Gasteiger charge is 2.36. The number of nitrogens with one attached hydrogen (secondary N) is 1. The molecule has 1 saturated carbocycles. The zero-order valence-electron chi connectivity index (χ0n) is 11.6. The molecule has 0 radical (unpaired) electrons. The number of thioether (sulfide) groups is 1. The summed E-state index contributed by atoms with van der Waals surface area (Å²) < 4.78 is 0.401. The Bertz CT molecular complexity index is 244. The molecular formula is C13H26N2OS. The van der Waals surface area contributed by atoms with Gasteiger partial charge < -0.3 is 10.2 Å². The number of rotatable bonds is 7. The molecule has 1 rings (SSSR count). The first-order valence-electron chi connectivity index (χ1n) is 6.66. The van der Waals surface area contributed by atoms with Crippen molar-refractivity contribution in [2.45, 2.75) is 50.8 Å². The average molecular weight is 258 g/mol. The van der Waals surface area contributed by atoms with Crippen LogP contribution in [0.4, 0.5) is 0 Å². The zero-order chi connectivity index (χ0) is 12.9. The molecular weight excluding hydrogens is 232 g/mol. The maximum Gasteiger partial charge on any atom is 0.239 e. The second kappa shape index (κ2) is 6.64. The molecule has 0 aromatic heterocycles. The summed E-state index contributed by atoms with van der Waals surface area (Å²) in [4.78, 5) is 14.0. The quantitative estimate of drug-likeness (QED) is 0.759. The normalized spacial score (nSPS) is 19.5. The van der Waals surface area contributed by atoms with E-state index in [-0.39, 0.29) is 11.9 Å². The number of carbonyl (C=O) groups excluding carboxylic acids is 1. The SMILES string of the molecule is CCN(CC)C(=O)C(C)NCC1(SC)CCC1. The van der Waals surface area contributed by atoms with Crippen molar-refractivity contribution in [3.05, 3.63) is 0 Å². The smallest absolute Gasteiger partial charge is 0.239 e. The zero-order valence-corrected chi connectivity index (χ0v) is 12.4. The third kappa shape index (κ3) is 3.62. The van der Waals surface area contributed by atoms with E-state index in [0.29, 0.717) is 4.75 Å². The van der Waals surface area contributed by atoms with E-state index in [9.17, 15) is 4.79 Å². The predicted octanol–water partition coefficient (Wildman–Crippen LogP) is 2.12. The first-order chi connectivity index (χ1) is 8.08. The van der Waals surface area contributed by atoms with Crippen LogP contribution in [0, 0.1) is 0 Å². The van der Waals surface area contributed by atoms with Gasteiger partial charge in [-0.25, -0.2) is 0 Å². The molecule has 1 fully saturated rings. The van der Waals surface area contributed by atoms with Gasteiger partial charge in [0.15, 0.2) is 0 Å². The van der Waals surface area contributed by atoms with Crippen molar-refractivity contribution >= 4 is 17.7 Å².